The number of carbonyl (C=O) groups excluding carboxylic acids is 2. The van der Waals surface area contributed by atoms with E-state index in [1.807, 2.05) is 6.07 Å². The summed E-state index contributed by atoms with van der Waals surface area (Å²) in [6, 6.07) is 14.8. The van der Waals surface area contributed by atoms with Crippen LogP contribution < -0.4 is 16.1 Å². The van der Waals surface area contributed by atoms with Crippen LogP contribution in [0.25, 0.3) is 0 Å². The zero-order valence-corrected chi connectivity index (χ0v) is 13.7. The second-order valence-corrected chi connectivity index (χ2v) is 5.53. The second kappa shape index (κ2) is 7.93. The van der Waals surface area contributed by atoms with Gasteiger partial charge >= 0.3 is 0 Å². The first-order valence-electron chi connectivity index (χ1n) is 7.92. The molecule has 0 radical (unpaired) electrons. The second-order valence-electron chi connectivity index (χ2n) is 5.53. The molecule has 0 aromatic heterocycles. The van der Waals surface area contributed by atoms with Gasteiger partial charge in [-0.1, -0.05) is 30.3 Å². The predicted molar refractivity (Wildman–Crippen MR) is 97.9 cm³/mol. The lowest BCUT2D eigenvalue weighted by atomic mass is 10.2. The van der Waals surface area contributed by atoms with E-state index in [2.05, 4.69) is 26.2 Å². The number of carbonyl (C=O) groups is 2. The summed E-state index contributed by atoms with van der Waals surface area (Å²) < 4.78 is 0. The van der Waals surface area contributed by atoms with Gasteiger partial charge in [0, 0.05) is 11.3 Å². The molecule has 0 saturated heterocycles. The Morgan fingerprint density at radius 3 is 2.69 bits per heavy atom. The third-order valence-electron chi connectivity index (χ3n) is 3.58. The molecule has 0 bridgehead atoms. The van der Waals surface area contributed by atoms with Crippen molar-refractivity contribution in [3.63, 3.8) is 0 Å². The number of anilines is 1. The first-order chi connectivity index (χ1) is 12.6. The Morgan fingerprint density at radius 1 is 1.19 bits per heavy atom. The average Bonchev–Trinajstić information content (AvgIpc) is 2.97. The average molecular weight is 351 g/mol. The fourth-order valence-electron chi connectivity index (χ4n) is 2.31. The standard InChI is InChI=1S/C18H17N5O3/c24-15-9-5-4-6-12(15)11-19-23-18-21-14(17(26)22-18)10-16(25)20-13-7-2-1-3-8-13/h1-9,11,14,24H,10H2,(H,20,25)(H2,21,22,23,26)/b19-11+. The highest BCUT2D eigenvalue weighted by Crippen LogP contribution is 2.12. The number of amides is 2. The molecule has 1 heterocycles. The molecule has 1 aliphatic heterocycles. The number of nitrogens with zero attached hydrogens (tertiary/aromatic N) is 2. The quantitative estimate of drug-likeness (QED) is 0.478. The van der Waals surface area contributed by atoms with Crippen LogP contribution in [-0.4, -0.2) is 35.1 Å². The molecule has 2 aromatic rings. The molecule has 1 aliphatic rings. The number of nitrogens with one attached hydrogen (secondary N) is 3. The Hall–Kier alpha value is -3.68. The van der Waals surface area contributed by atoms with E-state index in [9.17, 15) is 14.7 Å². The maximum Gasteiger partial charge on any atom is 0.252 e. The van der Waals surface area contributed by atoms with Gasteiger partial charge in [0.2, 0.25) is 11.9 Å². The Morgan fingerprint density at radius 2 is 1.92 bits per heavy atom. The predicted octanol–water partition coefficient (Wildman–Crippen LogP) is 1.20. The molecule has 132 valence electrons. The van der Waals surface area contributed by atoms with Crippen LogP contribution in [-0.2, 0) is 9.59 Å². The summed E-state index contributed by atoms with van der Waals surface area (Å²) in [6.07, 6.45) is 1.33. The molecule has 0 saturated carbocycles. The molecule has 1 unspecified atom stereocenters. The molecular weight excluding hydrogens is 334 g/mol. The highest BCUT2D eigenvalue weighted by molar-refractivity contribution is 6.07. The third-order valence-corrected chi connectivity index (χ3v) is 3.58. The Kier molecular flexibility index (Phi) is 5.23. The maximum atomic E-state index is 12.0. The number of benzene rings is 2. The highest BCUT2D eigenvalue weighted by atomic mass is 16.3. The molecule has 26 heavy (non-hydrogen) atoms. The van der Waals surface area contributed by atoms with Crippen LogP contribution in [0.4, 0.5) is 5.69 Å². The summed E-state index contributed by atoms with van der Waals surface area (Å²) in [5, 5.41) is 18.8. The first-order valence-corrected chi connectivity index (χ1v) is 7.92. The minimum Gasteiger partial charge on any atom is -0.507 e. The van der Waals surface area contributed by atoms with Crippen molar-refractivity contribution in [1.29, 1.82) is 0 Å². The number of guanidine groups is 1. The molecule has 8 nitrogen and oxygen atoms in total. The van der Waals surface area contributed by atoms with E-state index >= 15 is 0 Å². The molecule has 3 rings (SSSR count). The van der Waals surface area contributed by atoms with Gasteiger partial charge in [0.25, 0.3) is 5.91 Å². The Balaban J connectivity index is 1.55. The summed E-state index contributed by atoms with van der Waals surface area (Å²) in [6.45, 7) is 0. The number of aliphatic imine (C=N–C) groups is 1. The van der Waals surface area contributed by atoms with Gasteiger partial charge in [0.15, 0.2) is 0 Å². The lowest BCUT2D eigenvalue weighted by Crippen LogP contribution is -2.35. The number of hydrazone groups is 1. The van der Waals surface area contributed by atoms with Crippen molar-refractivity contribution in [1.82, 2.24) is 10.7 Å². The van der Waals surface area contributed by atoms with Crippen LogP contribution >= 0.6 is 0 Å². The van der Waals surface area contributed by atoms with Gasteiger partial charge in [-0.2, -0.15) is 5.10 Å². The lowest BCUT2D eigenvalue weighted by Gasteiger charge is -2.06. The van der Waals surface area contributed by atoms with E-state index in [1.54, 1.807) is 42.5 Å². The SMILES string of the molecule is O=C(CC1N=C(N/N=C/c2ccccc2O)NC1=O)Nc1ccccc1. The minimum absolute atomic E-state index is 0.0743. The highest BCUT2D eigenvalue weighted by Gasteiger charge is 2.28. The van der Waals surface area contributed by atoms with E-state index in [-0.39, 0.29) is 29.9 Å². The first kappa shape index (κ1) is 17.2. The van der Waals surface area contributed by atoms with E-state index in [0.29, 0.717) is 11.3 Å². The van der Waals surface area contributed by atoms with Crippen molar-refractivity contribution in [2.75, 3.05) is 5.32 Å². The van der Waals surface area contributed by atoms with Gasteiger partial charge < -0.3 is 10.4 Å². The van der Waals surface area contributed by atoms with Crippen LogP contribution in [0.1, 0.15) is 12.0 Å². The van der Waals surface area contributed by atoms with Crippen LogP contribution in [0.5, 0.6) is 5.75 Å². The van der Waals surface area contributed by atoms with Crippen LogP contribution in [0.2, 0.25) is 0 Å². The van der Waals surface area contributed by atoms with Crippen LogP contribution in [0.15, 0.2) is 64.7 Å². The van der Waals surface area contributed by atoms with E-state index in [0.717, 1.165) is 0 Å². The largest absolute Gasteiger partial charge is 0.507 e. The molecule has 0 spiro atoms. The number of rotatable bonds is 5. The summed E-state index contributed by atoms with van der Waals surface area (Å²) in [5.41, 5.74) is 3.76. The molecule has 8 heteroatoms. The molecule has 0 aliphatic carbocycles. The molecular formula is C18H17N5O3. The van der Waals surface area contributed by atoms with Crippen molar-refractivity contribution in [3.05, 3.63) is 60.2 Å². The molecule has 2 amide bonds. The van der Waals surface area contributed by atoms with E-state index < -0.39 is 6.04 Å². The van der Waals surface area contributed by atoms with E-state index in [1.165, 1.54) is 12.3 Å². The normalized spacial score (nSPS) is 16.2. The van der Waals surface area contributed by atoms with E-state index in [4.69, 9.17) is 0 Å². The lowest BCUT2D eigenvalue weighted by molar-refractivity contribution is -0.123. The third kappa shape index (κ3) is 4.44. The van der Waals surface area contributed by atoms with Gasteiger partial charge in [0.1, 0.15) is 11.8 Å². The Bertz CT molecular complexity index is 864. The van der Waals surface area contributed by atoms with Gasteiger partial charge in [0.05, 0.1) is 12.6 Å². The molecule has 1 atom stereocenters. The Labute approximate surface area is 149 Å². The summed E-state index contributed by atoms with van der Waals surface area (Å²) in [5.74, 6) is -0.447. The maximum absolute atomic E-state index is 12.0. The topological polar surface area (TPSA) is 115 Å². The number of phenols is 1. The van der Waals surface area contributed by atoms with Gasteiger partial charge in [-0.05, 0) is 24.3 Å². The van der Waals surface area contributed by atoms with Crippen LogP contribution in [0, 0.1) is 0 Å². The van der Waals surface area contributed by atoms with Crippen LogP contribution in [0.3, 0.4) is 0 Å². The number of para-hydroxylation sites is 2. The summed E-state index contributed by atoms with van der Waals surface area (Å²) in [4.78, 5) is 28.1. The fourth-order valence-corrected chi connectivity index (χ4v) is 2.31. The van der Waals surface area contributed by atoms with Crippen molar-refractivity contribution >= 4 is 29.7 Å². The number of hydrogen-bond acceptors (Lipinski definition) is 6. The van der Waals surface area contributed by atoms with Gasteiger partial charge in [-0.15, -0.1) is 0 Å². The van der Waals surface area contributed by atoms with Crippen molar-refractivity contribution < 1.29 is 14.7 Å². The number of phenolic OH excluding ortho intramolecular Hbond substituents is 1. The minimum atomic E-state index is -0.818. The van der Waals surface area contributed by atoms with Crippen molar-refractivity contribution in [3.8, 4) is 5.75 Å². The smallest absolute Gasteiger partial charge is 0.252 e. The van der Waals surface area contributed by atoms with Gasteiger partial charge in [-0.25, -0.2) is 10.4 Å². The zero-order valence-electron chi connectivity index (χ0n) is 13.7. The number of aromatic hydroxyl groups is 1. The monoisotopic (exact) mass is 351 g/mol. The molecule has 0 fully saturated rings. The zero-order chi connectivity index (χ0) is 18.4. The molecule has 4 N–H and O–H groups in total. The summed E-state index contributed by atoms with van der Waals surface area (Å²) in [7, 11) is 0. The molecule has 2 aromatic carbocycles. The fraction of sp³-hybridized carbons (Fsp3) is 0.111. The van der Waals surface area contributed by atoms with Gasteiger partial charge in [-0.3, -0.25) is 14.9 Å². The van der Waals surface area contributed by atoms with Crippen molar-refractivity contribution in [2.45, 2.75) is 12.5 Å². The summed E-state index contributed by atoms with van der Waals surface area (Å²) >= 11 is 0. The van der Waals surface area contributed by atoms with Crippen molar-refractivity contribution in [2.24, 2.45) is 10.1 Å². The number of hydrogen-bond donors (Lipinski definition) is 4.